The van der Waals surface area contributed by atoms with E-state index in [0.29, 0.717) is 0 Å². The highest BCUT2D eigenvalue weighted by Crippen LogP contribution is 2.40. The van der Waals surface area contributed by atoms with E-state index in [-0.39, 0.29) is 0 Å². The molecule has 0 fully saturated rings. The molecule has 1 N–H and O–H groups in total. The van der Waals surface area contributed by atoms with E-state index in [1.165, 1.54) is 10.8 Å². The molecular formula is C41H28N4. The predicted molar refractivity (Wildman–Crippen MR) is 188 cm³/mol. The molecule has 0 aliphatic heterocycles. The van der Waals surface area contributed by atoms with E-state index in [4.69, 9.17) is 10.1 Å². The van der Waals surface area contributed by atoms with Crippen LogP contribution in [0.15, 0.2) is 169 Å². The Kier molecular flexibility index (Phi) is 6.78. The third-order valence-corrected chi connectivity index (χ3v) is 8.27. The minimum atomic E-state index is 0.890. The Bertz CT molecular complexity index is 2290. The number of fused-ring (bicyclic) bond motifs is 5. The summed E-state index contributed by atoms with van der Waals surface area (Å²) < 4.78 is 0. The van der Waals surface area contributed by atoms with Gasteiger partial charge in [0.05, 0.1) is 22.8 Å². The number of hydrogen-bond donors (Lipinski definition) is 1. The second-order valence-electron chi connectivity index (χ2n) is 11.0. The zero-order valence-corrected chi connectivity index (χ0v) is 24.4. The van der Waals surface area contributed by atoms with E-state index in [1.807, 2.05) is 48.5 Å². The standard InChI is InChI=1S/C41H28N4/c1-3-12-29(13-4-1)41(30-14-5-2-6-15-30)45-44-40-27-36-31-16-7-8-17-32(31)37(26-35(36)33-18-9-10-19-34(33)40)39-21-11-20-38(43-39)28-22-24-42-25-23-28/h1-27,44H. The van der Waals surface area contributed by atoms with Crippen molar-refractivity contribution in [2.24, 2.45) is 5.10 Å². The summed E-state index contributed by atoms with van der Waals surface area (Å²) in [6.07, 6.45) is 3.61. The number of hydrazone groups is 1. The highest BCUT2D eigenvalue weighted by molar-refractivity contribution is 6.23. The first-order valence-corrected chi connectivity index (χ1v) is 15.0. The molecule has 8 aromatic rings. The SMILES string of the molecule is c1ccc(C(=NNc2cc3c4ccccc4c(-c4cccc(-c5ccncc5)n4)cc3c3ccccc23)c2ccccc2)cc1. The second-order valence-corrected chi connectivity index (χ2v) is 11.0. The van der Waals surface area contributed by atoms with Crippen molar-refractivity contribution in [2.45, 2.75) is 0 Å². The first-order chi connectivity index (χ1) is 22.3. The highest BCUT2D eigenvalue weighted by Gasteiger charge is 2.15. The van der Waals surface area contributed by atoms with Crippen LogP contribution in [0.1, 0.15) is 11.1 Å². The first kappa shape index (κ1) is 26.5. The molecule has 0 aliphatic rings. The fraction of sp³-hybridized carbons (Fsp3) is 0. The van der Waals surface area contributed by atoms with Crippen molar-refractivity contribution < 1.29 is 0 Å². The molecule has 0 aliphatic carbocycles. The molecule has 0 radical (unpaired) electrons. The number of benzene rings is 6. The number of nitrogens with zero attached hydrogens (tertiary/aromatic N) is 3. The lowest BCUT2D eigenvalue weighted by Gasteiger charge is -2.16. The molecule has 4 heteroatoms. The molecule has 0 spiro atoms. The van der Waals surface area contributed by atoms with Gasteiger partial charge in [0.1, 0.15) is 0 Å². The van der Waals surface area contributed by atoms with Crippen LogP contribution in [0.5, 0.6) is 0 Å². The summed E-state index contributed by atoms with van der Waals surface area (Å²) in [4.78, 5) is 9.29. The Hall–Kier alpha value is -6.13. The van der Waals surface area contributed by atoms with Crippen LogP contribution in [-0.4, -0.2) is 15.7 Å². The monoisotopic (exact) mass is 576 g/mol. The summed E-state index contributed by atoms with van der Waals surface area (Å²) >= 11 is 0. The van der Waals surface area contributed by atoms with Crippen LogP contribution in [0.4, 0.5) is 5.69 Å². The molecule has 0 unspecified atom stereocenters. The van der Waals surface area contributed by atoms with Crippen LogP contribution >= 0.6 is 0 Å². The van der Waals surface area contributed by atoms with E-state index in [9.17, 15) is 0 Å². The first-order valence-electron chi connectivity index (χ1n) is 15.0. The van der Waals surface area contributed by atoms with E-state index >= 15 is 0 Å². The summed E-state index contributed by atoms with van der Waals surface area (Å²) in [6, 6.07) is 52.5. The molecule has 2 heterocycles. The maximum Gasteiger partial charge on any atom is 0.0977 e. The summed E-state index contributed by atoms with van der Waals surface area (Å²) in [5, 5.41) is 12.0. The van der Waals surface area contributed by atoms with Gasteiger partial charge in [-0.2, -0.15) is 5.10 Å². The summed E-state index contributed by atoms with van der Waals surface area (Å²) in [6.45, 7) is 0. The van der Waals surface area contributed by atoms with Crippen molar-refractivity contribution in [1.29, 1.82) is 0 Å². The number of aromatic nitrogens is 2. The van der Waals surface area contributed by atoms with Crippen molar-refractivity contribution in [3.05, 3.63) is 175 Å². The molecule has 6 aromatic carbocycles. The van der Waals surface area contributed by atoms with Gasteiger partial charge in [-0.25, -0.2) is 4.98 Å². The zero-order valence-electron chi connectivity index (χ0n) is 24.4. The van der Waals surface area contributed by atoms with Gasteiger partial charge in [0.2, 0.25) is 0 Å². The Morgan fingerprint density at radius 3 is 1.71 bits per heavy atom. The topological polar surface area (TPSA) is 50.2 Å². The lowest BCUT2D eigenvalue weighted by Crippen LogP contribution is -2.06. The number of anilines is 1. The normalized spacial score (nSPS) is 11.1. The molecule has 0 amide bonds. The van der Waals surface area contributed by atoms with E-state index in [1.54, 1.807) is 12.4 Å². The van der Waals surface area contributed by atoms with Gasteiger partial charge in [-0.15, -0.1) is 0 Å². The van der Waals surface area contributed by atoms with Crippen molar-refractivity contribution in [3.63, 3.8) is 0 Å². The van der Waals surface area contributed by atoms with Gasteiger partial charge in [0.25, 0.3) is 0 Å². The van der Waals surface area contributed by atoms with Crippen LogP contribution in [0, 0.1) is 0 Å². The van der Waals surface area contributed by atoms with Gasteiger partial charge in [-0.1, -0.05) is 115 Å². The van der Waals surface area contributed by atoms with Crippen molar-refractivity contribution in [3.8, 4) is 22.5 Å². The summed E-state index contributed by atoms with van der Waals surface area (Å²) in [5.41, 5.74) is 11.5. The predicted octanol–water partition coefficient (Wildman–Crippen LogP) is 10.1. The Morgan fingerprint density at radius 2 is 1.02 bits per heavy atom. The molecule has 45 heavy (non-hydrogen) atoms. The van der Waals surface area contributed by atoms with Crippen molar-refractivity contribution in [1.82, 2.24) is 9.97 Å². The van der Waals surface area contributed by atoms with Crippen molar-refractivity contribution in [2.75, 3.05) is 5.43 Å². The van der Waals surface area contributed by atoms with Crippen LogP contribution in [0.25, 0.3) is 54.8 Å². The Morgan fingerprint density at radius 1 is 0.467 bits per heavy atom. The van der Waals surface area contributed by atoms with Crippen LogP contribution in [0.2, 0.25) is 0 Å². The molecule has 0 atom stereocenters. The minimum Gasteiger partial charge on any atom is -0.277 e. The largest absolute Gasteiger partial charge is 0.277 e. The van der Waals surface area contributed by atoms with E-state index in [0.717, 1.165) is 66.6 Å². The molecule has 0 saturated heterocycles. The molecule has 2 aromatic heterocycles. The lowest BCUT2D eigenvalue weighted by molar-refractivity contribution is 1.29. The fourth-order valence-corrected chi connectivity index (χ4v) is 6.13. The molecule has 0 saturated carbocycles. The van der Waals surface area contributed by atoms with Gasteiger partial charge in [-0.05, 0) is 63.3 Å². The van der Waals surface area contributed by atoms with Crippen LogP contribution in [0.3, 0.4) is 0 Å². The summed E-state index contributed by atoms with van der Waals surface area (Å²) in [5.74, 6) is 0. The van der Waals surface area contributed by atoms with Gasteiger partial charge in [-0.3, -0.25) is 10.4 Å². The third-order valence-electron chi connectivity index (χ3n) is 8.27. The number of pyridine rings is 2. The molecule has 8 rings (SSSR count). The maximum absolute atomic E-state index is 5.12. The number of rotatable bonds is 6. The molecule has 212 valence electrons. The quantitative estimate of drug-likeness (QED) is 0.122. The highest BCUT2D eigenvalue weighted by atomic mass is 15.3. The average Bonchev–Trinajstić information content (AvgIpc) is 3.13. The maximum atomic E-state index is 5.12. The number of hydrogen-bond acceptors (Lipinski definition) is 4. The second kappa shape index (κ2) is 11.5. The molecule has 4 nitrogen and oxygen atoms in total. The number of nitrogens with one attached hydrogen (secondary N) is 1. The van der Waals surface area contributed by atoms with E-state index in [2.05, 4.69) is 114 Å². The van der Waals surface area contributed by atoms with Crippen molar-refractivity contribution >= 4 is 43.7 Å². The summed E-state index contributed by atoms with van der Waals surface area (Å²) in [7, 11) is 0. The Balaban J connectivity index is 1.33. The fourth-order valence-electron chi connectivity index (χ4n) is 6.13. The van der Waals surface area contributed by atoms with Gasteiger partial charge in [0, 0.05) is 40.0 Å². The van der Waals surface area contributed by atoms with Gasteiger partial charge >= 0.3 is 0 Å². The zero-order chi connectivity index (χ0) is 30.0. The molecule has 0 bridgehead atoms. The van der Waals surface area contributed by atoms with Crippen LogP contribution in [-0.2, 0) is 0 Å². The van der Waals surface area contributed by atoms with Gasteiger partial charge < -0.3 is 0 Å². The van der Waals surface area contributed by atoms with Gasteiger partial charge in [0.15, 0.2) is 0 Å². The van der Waals surface area contributed by atoms with E-state index < -0.39 is 0 Å². The lowest BCUT2D eigenvalue weighted by atomic mass is 9.91. The Labute approximate surface area is 261 Å². The average molecular weight is 577 g/mol. The third kappa shape index (κ3) is 4.98. The minimum absolute atomic E-state index is 0.890. The molecular weight excluding hydrogens is 548 g/mol. The smallest absolute Gasteiger partial charge is 0.0977 e. The van der Waals surface area contributed by atoms with Crippen LogP contribution < -0.4 is 5.43 Å².